The number of halogens is 2. The normalized spacial score (nSPS) is 20.6. The third-order valence-electron chi connectivity index (χ3n) is 2.88. The molecule has 1 nitrogen and oxygen atoms in total. The average molecular weight is 215 g/mol. The van der Waals surface area contributed by atoms with Gasteiger partial charge >= 0.3 is 0 Å². The van der Waals surface area contributed by atoms with Crippen molar-refractivity contribution in [3.8, 4) is 0 Å². The van der Waals surface area contributed by atoms with E-state index in [0.29, 0.717) is 5.56 Å². The lowest BCUT2D eigenvalue weighted by atomic mass is 9.91. The van der Waals surface area contributed by atoms with Crippen LogP contribution in [0.3, 0.4) is 0 Å². The van der Waals surface area contributed by atoms with Gasteiger partial charge < -0.3 is 5.11 Å². The Morgan fingerprint density at radius 1 is 1.50 bits per heavy atom. The average Bonchev–Trinajstić information content (AvgIpc) is 2.92. The Balaban J connectivity index is 2.36. The molecule has 3 heteroatoms. The molecule has 1 aromatic carbocycles. The van der Waals surface area contributed by atoms with Gasteiger partial charge in [0, 0.05) is 0 Å². The van der Waals surface area contributed by atoms with E-state index >= 15 is 0 Å². The molecule has 1 aliphatic rings. The zero-order chi connectivity index (χ0) is 10.3. The van der Waals surface area contributed by atoms with E-state index in [1.807, 2.05) is 0 Å². The standard InChI is InChI=1S/C11H12ClFO/c1-11(14,7-2-3-7)8-4-5-9(12)10(13)6-8/h4-7,14H,2-3H2,1H3/t11-/m0/s1. The lowest BCUT2D eigenvalue weighted by Gasteiger charge is -2.23. The van der Waals surface area contributed by atoms with Crippen LogP contribution < -0.4 is 0 Å². The van der Waals surface area contributed by atoms with Crippen LogP contribution in [0.1, 0.15) is 25.3 Å². The van der Waals surface area contributed by atoms with Crippen LogP contribution in [0.25, 0.3) is 0 Å². The summed E-state index contributed by atoms with van der Waals surface area (Å²) in [5.74, 6) is -0.201. The first-order valence-corrected chi connectivity index (χ1v) is 5.07. The van der Waals surface area contributed by atoms with Crippen molar-refractivity contribution in [2.45, 2.75) is 25.4 Å². The van der Waals surface area contributed by atoms with Gasteiger partial charge in [-0.25, -0.2) is 4.39 Å². The Kier molecular flexibility index (Phi) is 2.28. The molecule has 0 unspecified atom stereocenters. The summed E-state index contributed by atoms with van der Waals surface area (Å²) < 4.78 is 13.2. The van der Waals surface area contributed by atoms with Gasteiger partial charge in [0.05, 0.1) is 10.6 Å². The second-order valence-electron chi connectivity index (χ2n) is 4.05. The van der Waals surface area contributed by atoms with Crippen molar-refractivity contribution in [1.29, 1.82) is 0 Å². The molecule has 76 valence electrons. The number of aliphatic hydroxyl groups is 1. The second kappa shape index (κ2) is 3.21. The molecule has 0 spiro atoms. The summed E-state index contributed by atoms with van der Waals surface area (Å²) in [5.41, 5.74) is -0.298. The van der Waals surface area contributed by atoms with E-state index in [0.717, 1.165) is 12.8 Å². The molecule has 1 atom stereocenters. The summed E-state index contributed by atoms with van der Waals surface area (Å²) in [4.78, 5) is 0. The fraction of sp³-hybridized carbons (Fsp3) is 0.455. The molecule has 1 aromatic rings. The summed E-state index contributed by atoms with van der Waals surface area (Å²) in [6, 6.07) is 4.49. The van der Waals surface area contributed by atoms with E-state index in [1.54, 1.807) is 13.0 Å². The maximum Gasteiger partial charge on any atom is 0.142 e. The lowest BCUT2D eigenvalue weighted by molar-refractivity contribution is 0.0328. The van der Waals surface area contributed by atoms with Crippen molar-refractivity contribution in [3.05, 3.63) is 34.6 Å². The minimum Gasteiger partial charge on any atom is -0.385 e. The zero-order valence-corrected chi connectivity index (χ0v) is 8.68. The molecule has 0 amide bonds. The molecule has 0 radical (unpaired) electrons. The third kappa shape index (κ3) is 1.64. The molecule has 0 saturated heterocycles. The van der Waals surface area contributed by atoms with Gasteiger partial charge in [-0.2, -0.15) is 0 Å². The van der Waals surface area contributed by atoms with Crippen LogP contribution in [0.15, 0.2) is 18.2 Å². The molecular weight excluding hydrogens is 203 g/mol. The fourth-order valence-electron chi connectivity index (χ4n) is 1.69. The molecule has 1 aliphatic carbocycles. The summed E-state index contributed by atoms with van der Waals surface area (Å²) in [7, 11) is 0. The van der Waals surface area contributed by atoms with Gasteiger partial charge in [-0.15, -0.1) is 0 Å². The Bertz CT molecular complexity index is 358. The van der Waals surface area contributed by atoms with Gasteiger partial charge in [0.15, 0.2) is 0 Å². The zero-order valence-electron chi connectivity index (χ0n) is 7.93. The highest BCUT2D eigenvalue weighted by Gasteiger charge is 2.41. The van der Waals surface area contributed by atoms with Gasteiger partial charge in [-0.1, -0.05) is 17.7 Å². The van der Waals surface area contributed by atoms with Gasteiger partial charge in [0.1, 0.15) is 5.82 Å². The first kappa shape index (κ1) is 9.94. The number of benzene rings is 1. The van der Waals surface area contributed by atoms with Crippen molar-refractivity contribution < 1.29 is 9.50 Å². The van der Waals surface area contributed by atoms with E-state index in [-0.39, 0.29) is 10.9 Å². The third-order valence-corrected chi connectivity index (χ3v) is 3.18. The smallest absolute Gasteiger partial charge is 0.142 e. The molecule has 1 saturated carbocycles. The molecule has 0 bridgehead atoms. The Labute approximate surface area is 87.5 Å². The SMILES string of the molecule is C[C@@](O)(c1ccc(Cl)c(F)c1)C1CC1. The molecule has 14 heavy (non-hydrogen) atoms. The number of hydrogen-bond acceptors (Lipinski definition) is 1. The van der Waals surface area contributed by atoms with Crippen molar-refractivity contribution >= 4 is 11.6 Å². The molecule has 2 rings (SSSR count). The summed E-state index contributed by atoms with van der Waals surface area (Å²) in [6.07, 6.45) is 2.02. The summed E-state index contributed by atoms with van der Waals surface area (Å²) >= 11 is 5.57. The maximum absolute atomic E-state index is 13.2. The van der Waals surface area contributed by atoms with Gasteiger partial charge in [-0.05, 0) is 43.4 Å². The Morgan fingerprint density at radius 2 is 2.14 bits per heavy atom. The second-order valence-corrected chi connectivity index (χ2v) is 4.46. The summed E-state index contributed by atoms with van der Waals surface area (Å²) in [5, 5.41) is 10.2. The Morgan fingerprint density at radius 3 is 2.64 bits per heavy atom. The molecular formula is C11H12ClFO. The van der Waals surface area contributed by atoms with Gasteiger partial charge in [0.2, 0.25) is 0 Å². The summed E-state index contributed by atoms with van der Waals surface area (Å²) in [6.45, 7) is 1.73. The van der Waals surface area contributed by atoms with E-state index < -0.39 is 11.4 Å². The van der Waals surface area contributed by atoms with Crippen LogP contribution in [0.5, 0.6) is 0 Å². The molecule has 0 aromatic heterocycles. The van der Waals surface area contributed by atoms with Crippen molar-refractivity contribution in [3.63, 3.8) is 0 Å². The Hall–Kier alpha value is -0.600. The van der Waals surface area contributed by atoms with Crippen LogP contribution in [0.2, 0.25) is 5.02 Å². The first-order chi connectivity index (χ1) is 6.51. The predicted molar refractivity (Wildman–Crippen MR) is 53.7 cm³/mol. The van der Waals surface area contributed by atoms with Crippen molar-refractivity contribution in [2.24, 2.45) is 5.92 Å². The van der Waals surface area contributed by atoms with Gasteiger partial charge in [0.25, 0.3) is 0 Å². The number of rotatable bonds is 2. The van der Waals surface area contributed by atoms with Crippen LogP contribution in [-0.2, 0) is 5.60 Å². The predicted octanol–water partition coefficient (Wildman–Crippen LogP) is 3.10. The van der Waals surface area contributed by atoms with Crippen molar-refractivity contribution in [1.82, 2.24) is 0 Å². The lowest BCUT2D eigenvalue weighted by Crippen LogP contribution is -2.23. The minimum absolute atomic E-state index is 0.0975. The highest BCUT2D eigenvalue weighted by Crippen LogP contribution is 2.45. The van der Waals surface area contributed by atoms with Crippen LogP contribution in [0, 0.1) is 11.7 Å². The largest absolute Gasteiger partial charge is 0.385 e. The van der Waals surface area contributed by atoms with Crippen LogP contribution in [-0.4, -0.2) is 5.11 Å². The fourth-order valence-corrected chi connectivity index (χ4v) is 1.81. The minimum atomic E-state index is -0.911. The quantitative estimate of drug-likeness (QED) is 0.802. The highest BCUT2D eigenvalue weighted by molar-refractivity contribution is 6.30. The van der Waals surface area contributed by atoms with E-state index in [9.17, 15) is 9.50 Å². The topological polar surface area (TPSA) is 20.2 Å². The monoisotopic (exact) mass is 214 g/mol. The first-order valence-electron chi connectivity index (χ1n) is 4.69. The van der Waals surface area contributed by atoms with Crippen molar-refractivity contribution in [2.75, 3.05) is 0 Å². The number of hydrogen-bond donors (Lipinski definition) is 1. The van der Waals surface area contributed by atoms with Gasteiger partial charge in [-0.3, -0.25) is 0 Å². The van der Waals surface area contributed by atoms with E-state index in [2.05, 4.69) is 0 Å². The van der Waals surface area contributed by atoms with Crippen LogP contribution >= 0.6 is 11.6 Å². The highest BCUT2D eigenvalue weighted by atomic mass is 35.5. The molecule has 0 heterocycles. The van der Waals surface area contributed by atoms with E-state index in [1.165, 1.54) is 12.1 Å². The molecule has 1 fully saturated rings. The molecule has 0 aliphatic heterocycles. The maximum atomic E-state index is 13.2. The van der Waals surface area contributed by atoms with E-state index in [4.69, 9.17) is 11.6 Å². The van der Waals surface area contributed by atoms with Crippen LogP contribution in [0.4, 0.5) is 4.39 Å². The molecule has 1 N–H and O–H groups in total.